The molecule has 1 aromatic rings. The summed E-state index contributed by atoms with van der Waals surface area (Å²) in [6, 6.07) is 10.7. The standard InChI is InChI=1S/C23H30/c1-7-14-18(5)21(9-3)19(6)23(15-8-2)22(10-4)20-16-12-11-13-17-20/h7,9-14,16-17H,3,8,15H2,1-2,4-6H3/b14-7-,21-18+,22-10-,23-19+. The molecule has 0 heteroatoms. The first-order valence-electron chi connectivity index (χ1n) is 8.48. The minimum Gasteiger partial charge on any atom is -0.0985 e. The van der Waals surface area contributed by atoms with Crippen molar-refractivity contribution >= 4 is 5.57 Å². The number of rotatable bonds is 7. The molecule has 0 aliphatic carbocycles. The third-order valence-corrected chi connectivity index (χ3v) is 4.10. The molecular weight excluding hydrogens is 276 g/mol. The number of allylic oxidation sites excluding steroid dienone is 9. The van der Waals surface area contributed by atoms with Crippen molar-refractivity contribution in [3.05, 3.63) is 89.1 Å². The van der Waals surface area contributed by atoms with Crippen LogP contribution in [-0.4, -0.2) is 0 Å². The van der Waals surface area contributed by atoms with E-state index in [0.717, 1.165) is 12.8 Å². The van der Waals surface area contributed by atoms with E-state index in [1.807, 2.05) is 6.08 Å². The zero-order valence-corrected chi connectivity index (χ0v) is 15.3. The van der Waals surface area contributed by atoms with Gasteiger partial charge in [0.1, 0.15) is 0 Å². The van der Waals surface area contributed by atoms with E-state index in [0.29, 0.717) is 0 Å². The molecule has 0 fully saturated rings. The summed E-state index contributed by atoms with van der Waals surface area (Å²) in [6.07, 6.45) is 10.7. The lowest BCUT2D eigenvalue weighted by molar-refractivity contribution is 0.919. The first kappa shape index (κ1) is 19.0. The van der Waals surface area contributed by atoms with Crippen LogP contribution in [0.15, 0.2) is 83.5 Å². The molecule has 0 aliphatic rings. The Morgan fingerprint density at radius 2 is 1.74 bits per heavy atom. The first-order chi connectivity index (χ1) is 11.1. The molecule has 0 heterocycles. The molecule has 0 nitrogen and oxygen atoms in total. The molecule has 0 atom stereocenters. The van der Waals surface area contributed by atoms with E-state index in [1.165, 1.54) is 33.4 Å². The van der Waals surface area contributed by atoms with Crippen molar-refractivity contribution in [2.75, 3.05) is 0 Å². The van der Waals surface area contributed by atoms with E-state index >= 15 is 0 Å². The summed E-state index contributed by atoms with van der Waals surface area (Å²) < 4.78 is 0. The predicted octanol–water partition coefficient (Wildman–Crippen LogP) is 7.29. The molecule has 1 rings (SSSR count). The maximum Gasteiger partial charge on any atom is -0.0184 e. The fraction of sp³-hybridized carbons (Fsp3) is 0.304. The number of benzene rings is 1. The van der Waals surface area contributed by atoms with Crippen LogP contribution in [-0.2, 0) is 0 Å². The van der Waals surface area contributed by atoms with Gasteiger partial charge in [-0.25, -0.2) is 0 Å². The topological polar surface area (TPSA) is 0 Å². The Hall–Kier alpha value is -2.08. The third kappa shape index (κ3) is 4.96. The highest BCUT2D eigenvalue weighted by atomic mass is 14.2. The Labute approximate surface area is 142 Å². The molecule has 23 heavy (non-hydrogen) atoms. The Kier molecular flexibility index (Phi) is 8.11. The van der Waals surface area contributed by atoms with Crippen molar-refractivity contribution in [2.45, 2.75) is 47.5 Å². The molecule has 0 saturated carbocycles. The summed E-state index contributed by atoms with van der Waals surface area (Å²) in [6.45, 7) is 14.8. The summed E-state index contributed by atoms with van der Waals surface area (Å²) in [5.41, 5.74) is 7.86. The van der Waals surface area contributed by atoms with E-state index < -0.39 is 0 Å². The second-order valence-corrected chi connectivity index (χ2v) is 5.72. The molecule has 122 valence electrons. The van der Waals surface area contributed by atoms with Gasteiger partial charge in [-0.05, 0) is 67.5 Å². The molecule has 0 spiro atoms. The lowest BCUT2D eigenvalue weighted by atomic mass is 9.87. The van der Waals surface area contributed by atoms with Gasteiger partial charge in [-0.15, -0.1) is 0 Å². The van der Waals surface area contributed by atoms with Crippen LogP contribution < -0.4 is 0 Å². The number of hydrogen-bond acceptors (Lipinski definition) is 0. The van der Waals surface area contributed by atoms with Crippen molar-refractivity contribution in [1.29, 1.82) is 0 Å². The second-order valence-electron chi connectivity index (χ2n) is 5.72. The minimum absolute atomic E-state index is 1.07. The van der Waals surface area contributed by atoms with Gasteiger partial charge in [-0.1, -0.05) is 74.6 Å². The quantitative estimate of drug-likeness (QED) is 0.464. The van der Waals surface area contributed by atoms with Crippen LogP contribution in [0.2, 0.25) is 0 Å². The van der Waals surface area contributed by atoms with E-state index in [-0.39, 0.29) is 0 Å². The molecule has 1 aromatic carbocycles. The van der Waals surface area contributed by atoms with Crippen LogP contribution in [0.1, 0.15) is 53.0 Å². The predicted molar refractivity (Wildman–Crippen MR) is 105 cm³/mol. The molecular formula is C23H30. The van der Waals surface area contributed by atoms with E-state index in [2.05, 4.69) is 89.8 Å². The second kappa shape index (κ2) is 9.84. The Morgan fingerprint density at radius 3 is 2.22 bits per heavy atom. The molecule has 0 aliphatic heterocycles. The van der Waals surface area contributed by atoms with Gasteiger partial charge in [0.2, 0.25) is 0 Å². The van der Waals surface area contributed by atoms with E-state index in [9.17, 15) is 0 Å². The minimum atomic E-state index is 1.07. The zero-order chi connectivity index (χ0) is 17.2. The smallest absolute Gasteiger partial charge is 0.0184 e. The van der Waals surface area contributed by atoms with Gasteiger partial charge in [-0.3, -0.25) is 0 Å². The van der Waals surface area contributed by atoms with Gasteiger partial charge < -0.3 is 0 Å². The van der Waals surface area contributed by atoms with Gasteiger partial charge in [0.05, 0.1) is 0 Å². The van der Waals surface area contributed by atoms with Crippen molar-refractivity contribution < 1.29 is 0 Å². The molecule has 0 bridgehead atoms. The fourth-order valence-electron chi connectivity index (χ4n) is 3.02. The van der Waals surface area contributed by atoms with Crippen molar-refractivity contribution in [3.63, 3.8) is 0 Å². The van der Waals surface area contributed by atoms with E-state index in [1.54, 1.807) is 0 Å². The Morgan fingerprint density at radius 1 is 1.09 bits per heavy atom. The molecule has 0 aromatic heterocycles. The van der Waals surface area contributed by atoms with Gasteiger partial charge in [0, 0.05) is 0 Å². The highest BCUT2D eigenvalue weighted by Crippen LogP contribution is 2.33. The lowest BCUT2D eigenvalue weighted by Crippen LogP contribution is -1.98. The third-order valence-electron chi connectivity index (χ3n) is 4.10. The molecule has 0 unspecified atom stereocenters. The average Bonchev–Trinajstić information content (AvgIpc) is 2.56. The Balaban J connectivity index is 3.54. The van der Waals surface area contributed by atoms with E-state index in [4.69, 9.17) is 0 Å². The monoisotopic (exact) mass is 306 g/mol. The SMILES string of the molecule is C=CC(=C(C)\C=C/C)/C(C)=C(CCC)/C(=C\C)c1ccccc1. The van der Waals surface area contributed by atoms with Crippen LogP contribution in [0.4, 0.5) is 0 Å². The average molecular weight is 306 g/mol. The van der Waals surface area contributed by atoms with Crippen molar-refractivity contribution in [2.24, 2.45) is 0 Å². The number of hydrogen-bond donors (Lipinski definition) is 0. The summed E-state index contributed by atoms with van der Waals surface area (Å²) >= 11 is 0. The Bertz CT molecular complexity index is 634. The van der Waals surface area contributed by atoms with Crippen LogP contribution in [0.5, 0.6) is 0 Å². The zero-order valence-electron chi connectivity index (χ0n) is 15.3. The fourth-order valence-corrected chi connectivity index (χ4v) is 3.02. The molecule has 0 saturated heterocycles. The van der Waals surface area contributed by atoms with Gasteiger partial charge in [-0.2, -0.15) is 0 Å². The summed E-state index contributed by atoms with van der Waals surface area (Å²) in [5.74, 6) is 0. The molecule has 0 radical (unpaired) electrons. The molecule has 0 N–H and O–H groups in total. The molecule has 0 amide bonds. The lowest BCUT2D eigenvalue weighted by Gasteiger charge is -2.18. The summed E-state index contributed by atoms with van der Waals surface area (Å²) in [4.78, 5) is 0. The maximum atomic E-state index is 4.04. The van der Waals surface area contributed by atoms with Crippen LogP contribution in [0, 0.1) is 0 Å². The van der Waals surface area contributed by atoms with Crippen LogP contribution in [0.3, 0.4) is 0 Å². The van der Waals surface area contributed by atoms with Gasteiger partial charge in [0.25, 0.3) is 0 Å². The maximum absolute atomic E-state index is 4.04. The van der Waals surface area contributed by atoms with Crippen molar-refractivity contribution in [3.8, 4) is 0 Å². The van der Waals surface area contributed by atoms with Crippen LogP contribution >= 0.6 is 0 Å². The normalized spacial score (nSPS) is 14.6. The van der Waals surface area contributed by atoms with Crippen molar-refractivity contribution in [1.82, 2.24) is 0 Å². The van der Waals surface area contributed by atoms with Gasteiger partial charge >= 0.3 is 0 Å². The summed E-state index contributed by atoms with van der Waals surface area (Å²) in [7, 11) is 0. The first-order valence-corrected chi connectivity index (χ1v) is 8.48. The van der Waals surface area contributed by atoms with Gasteiger partial charge in [0.15, 0.2) is 0 Å². The summed E-state index contributed by atoms with van der Waals surface area (Å²) in [5, 5.41) is 0. The highest BCUT2D eigenvalue weighted by Gasteiger charge is 2.12. The largest absolute Gasteiger partial charge is 0.0985 e. The van der Waals surface area contributed by atoms with Crippen LogP contribution in [0.25, 0.3) is 5.57 Å². The highest BCUT2D eigenvalue weighted by molar-refractivity contribution is 5.81.